The van der Waals surface area contributed by atoms with Gasteiger partial charge in [0.25, 0.3) is 0 Å². The third-order valence-corrected chi connectivity index (χ3v) is 6.25. The predicted octanol–water partition coefficient (Wildman–Crippen LogP) is 8.52. The minimum atomic E-state index is 0.586. The number of nitrogens with one attached hydrogen (secondary N) is 1. The quantitative estimate of drug-likeness (QED) is 0.231. The van der Waals surface area contributed by atoms with E-state index in [9.17, 15) is 0 Å². The lowest BCUT2D eigenvalue weighted by Crippen LogP contribution is -2.06. The molecule has 0 aliphatic heterocycles. The largest absolute Gasteiger partial charge is 0.491 e. The summed E-state index contributed by atoms with van der Waals surface area (Å²) in [6, 6.07) is 21.0. The molecule has 4 rings (SSSR count). The summed E-state index contributed by atoms with van der Waals surface area (Å²) < 4.78 is 13.2. The van der Waals surface area contributed by atoms with Gasteiger partial charge in [0.05, 0.1) is 17.7 Å². The number of fused-ring (bicyclic) bond motifs is 3. The summed E-state index contributed by atoms with van der Waals surface area (Å²) in [5, 5.41) is 5.88. The van der Waals surface area contributed by atoms with Gasteiger partial charge in [0.2, 0.25) is 0 Å². The van der Waals surface area contributed by atoms with E-state index < -0.39 is 0 Å². The molecule has 162 valence electrons. The zero-order valence-electron chi connectivity index (χ0n) is 18.3. The second-order valence-electron chi connectivity index (χ2n) is 8.14. The molecule has 0 saturated heterocycles. The maximum Gasteiger partial charge on any atom is 0.143 e. The summed E-state index contributed by atoms with van der Waals surface area (Å²) in [7, 11) is 0. The monoisotopic (exact) mass is 479 g/mol. The van der Waals surface area contributed by atoms with Gasteiger partial charge < -0.3 is 14.5 Å². The first-order chi connectivity index (χ1) is 15.2. The van der Waals surface area contributed by atoms with Crippen LogP contribution in [0.5, 0.6) is 5.75 Å². The van der Waals surface area contributed by atoms with Crippen molar-refractivity contribution >= 4 is 43.6 Å². The van der Waals surface area contributed by atoms with Gasteiger partial charge in [0.15, 0.2) is 0 Å². The molecule has 0 aliphatic rings. The van der Waals surface area contributed by atoms with Gasteiger partial charge in [-0.05, 0) is 61.1 Å². The van der Waals surface area contributed by atoms with Crippen molar-refractivity contribution < 1.29 is 9.15 Å². The van der Waals surface area contributed by atoms with Gasteiger partial charge >= 0.3 is 0 Å². The van der Waals surface area contributed by atoms with Crippen LogP contribution in [0.25, 0.3) is 21.9 Å². The van der Waals surface area contributed by atoms with Crippen LogP contribution in [-0.4, -0.2) is 13.2 Å². The number of anilines is 1. The van der Waals surface area contributed by atoms with Crippen LogP contribution in [0.1, 0.15) is 51.0 Å². The highest BCUT2D eigenvalue weighted by Gasteiger charge is 2.16. The Balaban J connectivity index is 1.49. The van der Waals surface area contributed by atoms with E-state index in [1.165, 1.54) is 18.4 Å². The smallest absolute Gasteiger partial charge is 0.143 e. The van der Waals surface area contributed by atoms with Crippen LogP contribution in [0, 0.1) is 0 Å². The lowest BCUT2D eigenvalue weighted by atomic mass is 9.95. The molecular weight excluding hydrogens is 450 g/mol. The molecule has 1 aromatic heterocycles. The molecule has 0 spiro atoms. The molecule has 0 radical (unpaired) electrons. The summed E-state index contributed by atoms with van der Waals surface area (Å²) in [4.78, 5) is 0. The Morgan fingerprint density at radius 3 is 2.61 bits per heavy atom. The highest BCUT2D eigenvalue weighted by Crippen LogP contribution is 2.41. The molecule has 0 bridgehead atoms. The maximum absolute atomic E-state index is 6.10. The number of furan rings is 1. The predicted molar refractivity (Wildman–Crippen MR) is 134 cm³/mol. The zero-order valence-corrected chi connectivity index (χ0v) is 19.9. The van der Waals surface area contributed by atoms with E-state index >= 15 is 0 Å². The van der Waals surface area contributed by atoms with E-state index in [2.05, 4.69) is 71.5 Å². The van der Waals surface area contributed by atoms with Crippen LogP contribution in [0.15, 0.2) is 69.6 Å². The maximum atomic E-state index is 6.10. The Hall–Kier alpha value is -2.46. The molecule has 4 aromatic rings. The number of hydrogen-bond acceptors (Lipinski definition) is 3. The van der Waals surface area contributed by atoms with Crippen LogP contribution < -0.4 is 10.1 Å². The van der Waals surface area contributed by atoms with Crippen LogP contribution in [-0.2, 0) is 0 Å². The Morgan fingerprint density at radius 2 is 1.81 bits per heavy atom. The molecule has 1 heterocycles. The van der Waals surface area contributed by atoms with Crippen molar-refractivity contribution in [2.45, 2.75) is 45.4 Å². The third kappa shape index (κ3) is 5.07. The van der Waals surface area contributed by atoms with Gasteiger partial charge in [-0.1, -0.05) is 66.5 Å². The molecular formula is C27H30BrNO2. The molecule has 0 aliphatic carbocycles. The van der Waals surface area contributed by atoms with Gasteiger partial charge in [-0.2, -0.15) is 0 Å². The Labute approximate surface area is 192 Å². The van der Waals surface area contributed by atoms with Crippen molar-refractivity contribution in [1.82, 2.24) is 0 Å². The molecule has 3 aromatic carbocycles. The van der Waals surface area contributed by atoms with E-state index in [1.54, 1.807) is 0 Å². The minimum absolute atomic E-state index is 0.586. The Bertz CT molecular complexity index is 1140. The van der Waals surface area contributed by atoms with E-state index in [-0.39, 0.29) is 0 Å². The van der Waals surface area contributed by atoms with Crippen molar-refractivity contribution in [1.29, 1.82) is 0 Å². The summed E-state index contributed by atoms with van der Waals surface area (Å²) in [6.07, 6.45) is 4.46. The first-order valence-corrected chi connectivity index (χ1v) is 12.0. The average Bonchev–Trinajstić information content (AvgIpc) is 3.16. The second kappa shape index (κ2) is 10.2. The summed E-state index contributed by atoms with van der Waals surface area (Å²) in [6.45, 7) is 6.05. The van der Waals surface area contributed by atoms with Crippen LogP contribution in [0.2, 0.25) is 0 Å². The Kier molecular flexibility index (Phi) is 7.18. The van der Waals surface area contributed by atoms with Gasteiger partial charge in [0.1, 0.15) is 16.9 Å². The molecule has 31 heavy (non-hydrogen) atoms. The summed E-state index contributed by atoms with van der Waals surface area (Å²) in [5.41, 5.74) is 4.24. The number of halogens is 1. The average molecular weight is 480 g/mol. The normalized spacial score (nSPS) is 12.4. The summed E-state index contributed by atoms with van der Waals surface area (Å²) in [5.74, 6) is 1.48. The van der Waals surface area contributed by atoms with E-state index in [0.29, 0.717) is 12.5 Å². The first kappa shape index (κ1) is 21.8. The van der Waals surface area contributed by atoms with E-state index in [0.717, 1.165) is 57.2 Å². The second-order valence-corrected chi connectivity index (χ2v) is 9.05. The van der Waals surface area contributed by atoms with Crippen molar-refractivity contribution in [2.24, 2.45) is 0 Å². The fourth-order valence-electron chi connectivity index (χ4n) is 4.07. The van der Waals surface area contributed by atoms with Gasteiger partial charge in [-0.15, -0.1) is 0 Å². The molecule has 0 amide bonds. The number of rotatable bonds is 10. The SMILES string of the molecule is CCCOc1ccc2oc3ccc(Br)cc3c2c1NCCCCC(C)c1ccccc1. The van der Waals surface area contributed by atoms with E-state index in [1.807, 2.05) is 24.3 Å². The standard InChI is InChI=1S/C27H30BrNO2/c1-3-17-30-25-15-14-24-26(22-18-21(28)12-13-23(22)31-24)27(25)29-16-8-7-9-19(2)20-10-5-4-6-11-20/h4-6,10-15,18-19,29H,3,7-9,16-17H2,1-2H3. The first-order valence-electron chi connectivity index (χ1n) is 11.2. The van der Waals surface area contributed by atoms with Crippen molar-refractivity contribution in [3.05, 3.63) is 70.7 Å². The number of hydrogen-bond donors (Lipinski definition) is 1. The number of benzene rings is 3. The third-order valence-electron chi connectivity index (χ3n) is 5.76. The van der Waals surface area contributed by atoms with Crippen molar-refractivity contribution in [2.75, 3.05) is 18.5 Å². The van der Waals surface area contributed by atoms with Gasteiger partial charge in [-0.25, -0.2) is 0 Å². The lowest BCUT2D eigenvalue weighted by Gasteiger charge is -2.15. The molecule has 1 N–H and O–H groups in total. The Morgan fingerprint density at radius 1 is 1.00 bits per heavy atom. The van der Waals surface area contributed by atoms with Crippen molar-refractivity contribution in [3.63, 3.8) is 0 Å². The topological polar surface area (TPSA) is 34.4 Å². The zero-order chi connectivity index (χ0) is 21.6. The molecule has 0 fully saturated rings. The molecule has 1 unspecified atom stereocenters. The molecule has 1 atom stereocenters. The van der Waals surface area contributed by atoms with Gasteiger partial charge in [0, 0.05) is 16.4 Å². The van der Waals surface area contributed by atoms with Crippen molar-refractivity contribution in [3.8, 4) is 5.75 Å². The highest BCUT2D eigenvalue weighted by atomic mass is 79.9. The summed E-state index contributed by atoms with van der Waals surface area (Å²) >= 11 is 3.60. The fourth-order valence-corrected chi connectivity index (χ4v) is 4.43. The van der Waals surface area contributed by atoms with E-state index in [4.69, 9.17) is 9.15 Å². The number of unbranched alkanes of at least 4 members (excludes halogenated alkanes) is 1. The van der Waals surface area contributed by atoms with Gasteiger partial charge in [-0.3, -0.25) is 0 Å². The lowest BCUT2D eigenvalue weighted by molar-refractivity contribution is 0.319. The number of ether oxygens (including phenoxy) is 1. The molecule has 4 heteroatoms. The highest BCUT2D eigenvalue weighted by molar-refractivity contribution is 9.10. The molecule has 3 nitrogen and oxygen atoms in total. The van der Waals surface area contributed by atoms with Crippen LogP contribution in [0.3, 0.4) is 0 Å². The molecule has 0 saturated carbocycles. The fraction of sp³-hybridized carbons (Fsp3) is 0.333. The van der Waals surface area contributed by atoms with Crippen LogP contribution >= 0.6 is 15.9 Å². The minimum Gasteiger partial charge on any atom is -0.491 e. The van der Waals surface area contributed by atoms with Crippen LogP contribution in [0.4, 0.5) is 5.69 Å².